The molecule has 1 aliphatic carbocycles. The van der Waals surface area contributed by atoms with E-state index in [-0.39, 0.29) is 41.6 Å². The number of carboxylic acids is 1. The Morgan fingerprint density at radius 3 is 2.43 bits per heavy atom. The Bertz CT molecular complexity index is 1320. The van der Waals surface area contributed by atoms with Gasteiger partial charge in [0, 0.05) is 17.0 Å². The Kier molecular flexibility index (Phi) is 7.54. The van der Waals surface area contributed by atoms with Gasteiger partial charge in [-0.05, 0) is 37.0 Å². The van der Waals surface area contributed by atoms with Gasteiger partial charge in [-0.3, -0.25) is 0 Å². The molecule has 2 aliphatic rings. The molecule has 0 spiro atoms. The maximum absolute atomic E-state index is 10.8. The molecular formula is C30H26NNaO5. The second-order valence-electron chi connectivity index (χ2n) is 9.47. The van der Waals surface area contributed by atoms with Crippen LogP contribution in [0.3, 0.4) is 0 Å². The number of aromatic nitrogens is 1. The molecule has 0 bridgehead atoms. The summed E-state index contributed by atoms with van der Waals surface area (Å²) in [5.74, 6) is 0.845. The third-order valence-corrected chi connectivity index (χ3v) is 7.17. The molecule has 2 heterocycles. The van der Waals surface area contributed by atoms with E-state index in [1.165, 1.54) is 0 Å². The van der Waals surface area contributed by atoms with Crippen LogP contribution >= 0.6 is 0 Å². The van der Waals surface area contributed by atoms with E-state index < -0.39 is 18.2 Å². The molecule has 0 radical (unpaired) electrons. The average molecular weight is 504 g/mol. The molecule has 3 atom stereocenters. The van der Waals surface area contributed by atoms with Crippen LogP contribution < -0.4 is 39.4 Å². The van der Waals surface area contributed by atoms with E-state index in [9.17, 15) is 9.90 Å². The Morgan fingerprint density at radius 2 is 1.70 bits per heavy atom. The van der Waals surface area contributed by atoms with Gasteiger partial charge in [-0.2, -0.15) is 0 Å². The van der Waals surface area contributed by atoms with Gasteiger partial charge < -0.3 is 23.8 Å². The molecule has 2 fully saturated rings. The number of fused-ring (bicyclic) bond motifs is 1. The van der Waals surface area contributed by atoms with Crippen molar-refractivity contribution in [1.29, 1.82) is 0 Å². The van der Waals surface area contributed by atoms with Crippen molar-refractivity contribution < 1.29 is 53.3 Å². The largest absolute Gasteiger partial charge is 1.00 e. The van der Waals surface area contributed by atoms with Gasteiger partial charge in [0.2, 0.25) is 5.89 Å². The number of aliphatic carboxylic acids is 1. The van der Waals surface area contributed by atoms with Crippen molar-refractivity contribution in [3.05, 3.63) is 96.4 Å². The topological polar surface area (TPSA) is 87.9 Å². The van der Waals surface area contributed by atoms with Crippen LogP contribution in [0.2, 0.25) is 0 Å². The smallest absolute Gasteiger partial charge is 0.546 e. The molecule has 1 aromatic heterocycles. The van der Waals surface area contributed by atoms with E-state index >= 15 is 0 Å². The summed E-state index contributed by atoms with van der Waals surface area (Å²) in [6.45, 7) is -0.469. The van der Waals surface area contributed by atoms with Crippen LogP contribution in [0, 0.1) is 5.92 Å². The Morgan fingerprint density at radius 1 is 0.973 bits per heavy atom. The van der Waals surface area contributed by atoms with Crippen molar-refractivity contribution in [3.63, 3.8) is 0 Å². The SMILES string of the molecule is O=C([O-])COc1cccc(C[C@@H]2CCCC3OC32c2nc(-c3ccccc3)c(-c3ccccc3)o2)c1.[Na+]. The third-order valence-electron chi connectivity index (χ3n) is 7.17. The first-order chi connectivity index (χ1) is 17.6. The number of ether oxygens (including phenoxy) is 2. The minimum atomic E-state index is -1.24. The van der Waals surface area contributed by atoms with Gasteiger partial charge >= 0.3 is 29.6 Å². The van der Waals surface area contributed by atoms with Gasteiger partial charge in [-0.1, -0.05) is 79.2 Å². The molecule has 1 saturated heterocycles. The quantitative estimate of drug-likeness (QED) is 0.269. The monoisotopic (exact) mass is 503 g/mol. The number of carbonyl (C=O) groups is 1. The molecule has 37 heavy (non-hydrogen) atoms. The van der Waals surface area contributed by atoms with Crippen molar-refractivity contribution in [2.45, 2.75) is 37.4 Å². The summed E-state index contributed by atoms with van der Waals surface area (Å²) in [4.78, 5) is 15.9. The number of nitrogens with zero attached hydrogens (tertiary/aromatic N) is 1. The van der Waals surface area contributed by atoms with Crippen LogP contribution in [-0.4, -0.2) is 23.7 Å². The molecule has 7 heteroatoms. The minimum absolute atomic E-state index is 0. The zero-order valence-corrected chi connectivity index (χ0v) is 22.8. The summed E-state index contributed by atoms with van der Waals surface area (Å²) >= 11 is 0. The number of benzene rings is 3. The van der Waals surface area contributed by atoms with Crippen LogP contribution in [0.15, 0.2) is 89.3 Å². The summed E-state index contributed by atoms with van der Waals surface area (Å²) in [7, 11) is 0. The zero-order valence-electron chi connectivity index (χ0n) is 20.8. The normalized spacial score (nSPS) is 21.9. The van der Waals surface area contributed by atoms with Gasteiger partial charge in [0.05, 0.1) is 12.1 Å². The standard InChI is InChI=1S/C30H27NO5.Na/c32-26(33)19-34-24-15-7-9-20(18-24)17-23-14-8-16-25-30(23,36-25)29-31-27(21-10-3-1-4-11-21)28(35-29)22-12-5-2-6-13-22;/h1-7,9-13,15,18,23,25H,8,14,16-17,19H2,(H,32,33);/q;+1/p-1/t23-,25?,30?;/m0./s1. The van der Waals surface area contributed by atoms with E-state index in [1.54, 1.807) is 6.07 Å². The zero-order chi connectivity index (χ0) is 24.5. The van der Waals surface area contributed by atoms with Crippen LogP contribution in [0.4, 0.5) is 0 Å². The average Bonchev–Trinajstić information content (AvgIpc) is 3.51. The number of rotatable bonds is 8. The summed E-state index contributed by atoms with van der Waals surface area (Å²) in [5.41, 5.74) is 3.31. The van der Waals surface area contributed by atoms with Crippen molar-refractivity contribution in [1.82, 2.24) is 4.98 Å². The molecule has 0 amide bonds. The third kappa shape index (κ3) is 5.12. The Balaban J connectivity index is 0.00000280. The van der Waals surface area contributed by atoms with E-state index in [4.69, 9.17) is 18.9 Å². The van der Waals surface area contributed by atoms with Crippen molar-refractivity contribution >= 4 is 5.97 Å². The van der Waals surface area contributed by atoms with Crippen molar-refractivity contribution in [2.75, 3.05) is 6.61 Å². The maximum Gasteiger partial charge on any atom is 1.00 e. The molecule has 6 rings (SSSR count). The predicted octanol–water partition coefficient (Wildman–Crippen LogP) is 1.78. The van der Waals surface area contributed by atoms with Gasteiger partial charge in [-0.15, -0.1) is 0 Å². The predicted molar refractivity (Wildman–Crippen MR) is 132 cm³/mol. The second-order valence-corrected chi connectivity index (χ2v) is 9.47. The molecule has 0 N–H and O–H groups in total. The molecule has 182 valence electrons. The fourth-order valence-electron chi connectivity index (χ4n) is 5.47. The molecule has 1 aliphatic heterocycles. The van der Waals surface area contributed by atoms with Gasteiger partial charge in [-0.25, -0.2) is 4.98 Å². The van der Waals surface area contributed by atoms with Crippen LogP contribution in [0.1, 0.15) is 30.7 Å². The maximum atomic E-state index is 10.8. The van der Waals surface area contributed by atoms with Crippen molar-refractivity contribution in [2.24, 2.45) is 5.92 Å². The summed E-state index contributed by atoms with van der Waals surface area (Å²) in [6, 6.07) is 27.7. The minimum Gasteiger partial charge on any atom is -0.546 e. The summed E-state index contributed by atoms with van der Waals surface area (Å²) < 4.78 is 18.3. The number of epoxide rings is 1. The fraction of sp³-hybridized carbons (Fsp3) is 0.267. The molecule has 2 unspecified atom stereocenters. The number of hydrogen-bond donors (Lipinski definition) is 0. The summed E-state index contributed by atoms with van der Waals surface area (Å²) in [5, 5.41) is 10.8. The molecular weight excluding hydrogens is 477 g/mol. The number of carboxylic acid groups (broad SMARTS) is 1. The molecule has 4 aromatic rings. The Labute approximate surface area is 237 Å². The fourth-order valence-corrected chi connectivity index (χ4v) is 5.47. The van der Waals surface area contributed by atoms with E-state index in [0.29, 0.717) is 11.6 Å². The number of carbonyl (C=O) groups excluding carboxylic acids is 1. The van der Waals surface area contributed by atoms with E-state index in [0.717, 1.165) is 53.8 Å². The summed E-state index contributed by atoms with van der Waals surface area (Å²) in [6.07, 6.45) is 3.89. The van der Waals surface area contributed by atoms with Gasteiger partial charge in [0.25, 0.3) is 0 Å². The van der Waals surface area contributed by atoms with Crippen LogP contribution in [0.5, 0.6) is 5.75 Å². The first-order valence-electron chi connectivity index (χ1n) is 12.3. The van der Waals surface area contributed by atoms with E-state index in [2.05, 4.69) is 0 Å². The second kappa shape index (κ2) is 10.8. The molecule has 3 aromatic carbocycles. The molecule has 6 nitrogen and oxygen atoms in total. The number of oxazole rings is 1. The molecule has 1 saturated carbocycles. The van der Waals surface area contributed by atoms with Gasteiger partial charge in [0.15, 0.2) is 11.4 Å². The first kappa shape index (κ1) is 25.7. The van der Waals surface area contributed by atoms with E-state index in [1.807, 2.05) is 78.9 Å². The first-order valence-corrected chi connectivity index (χ1v) is 12.3. The van der Waals surface area contributed by atoms with Gasteiger partial charge in [0.1, 0.15) is 18.1 Å². The van der Waals surface area contributed by atoms with Crippen molar-refractivity contribution in [3.8, 4) is 28.3 Å². The number of hydrogen-bond acceptors (Lipinski definition) is 6. The van der Waals surface area contributed by atoms with Crippen LogP contribution in [0.25, 0.3) is 22.6 Å². The van der Waals surface area contributed by atoms with Crippen LogP contribution in [-0.2, 0) is 21.6 Å². The Hall–Kier alpha value is -2.90.